The van der Waals surface area contributed by atoms with Gasteiger partial charge in [-0.15, -0.1) is 11.8 Å². The molecule has 3 amide bonds. The van der Waals surface area contributed by atoms with Crippen LogP contribution in [0.2, 0.25) is 0 Å². The van der Waals surface area contributed by atoms with Crippen LogP contribution >= 0.6 is 11.8 Å². The highest BCUT2D eigenvalue weighted by molar-refractivity contribution is 8.04. The quantitative estimate of drug-likeness (QED) is 0.727. The van der Waals surface area contributed by atoms with E-state index in [-0.39, 0.29) is 23.0 Å². The van der Waals surface area contributed by atoms with Gasteiger partial charge in [-0.1, -0.05) is 26.0 Å². The highest BCUT2D eigenvalue weighted by Gasteiger charge is 2.40. The second kappa shape index (κ2) is 8.53. The first kappa shape index (κ1) is 20.7. The zero-order chi connectivity index (χ0) is 21.1. The van der Waals surface area contributed by atoms with Gasteiger partial charge in [-0.25, -0.2) is 4.90 Å². The summed E-state index contributed by atoms with van der Waals surface area (Å²) in [5, 5.41) is 2.81. The van der Waals surface area contributed by atoms with Crippen molar-refractivity contribution in [3.8, 4) is 5.75 Å². The topological polar surface area (TPSA) is 75.7 Å². The fourth-order valence-corrected chi connectivity index (χ4v) is 3.99. The zero-order valence-electron chi connectivity index (χ0n) is 16.7. The minimum atomic E-state index is -0.365. The number of anilines is 2. The molecule has 0 aromatic heterocycles. The first-order valence-corrected chi connectivity index (χ1v) is 10.0. The van der Waals surface area contributed by atoms with Crippen LogP contribution in [0.25, 0.3) is 5.57 Å². The summed E-state index contributed by atoms with van der Waals surface area (Å²) >= 11 is 1.38. The maximum absolute atomic E-state index is 13.3. The molecular formula is C22H22N2O4S. The fraction of sp³-hybridized carbons (Fsp3) is 0.227. The molecule has 1 N–H and O–H groups in total. The maximum Gasteiger partial charge on any atom is 0.272 e. The number of thioether (sulfide) groups is 1. The van der Waals surface area contributed by atoms with Crippen molar-refractivity contribution < 1.29 is 19.1 Å². The van der Waals surface area contributed by atoms with E-state index in [1.165, 1.54) is 23.6 Å². The van der Waals surface area contributed by atoms with E-state index in [9.17, 15) is 14.4 Å². The lowest BCUT2D eigenvalue weighted by atomic mass is 10.1. The number of hydrogen-bond acceptors (Lipinski definition) is 5. The number of rotatable bonds is 6. The van der Waals surface area contributed by atoms with Gasteiger partial charge in [0.05, 0.1) is 23.3 Å². The number of nitrogens with one attached hydrogen (secondary N) is 1. The van der Waals surface area contributed by atoms with Crippen LogP contribution in [0.4, 0.5) is 11.4 Å². The first-order valence-electron chi connectivity index (χ1n) is 9.13. The van der Waals surface area contributed by atoms with Crippen LogP contribution < -0.4 is 15.0 Å². The standard InChI is InChI=1S/C22H22N2O4S/c1-13(2)29-20-19(15-5-11-18(28-4)12-6-15)21(26)24(22(20)27)17-9-7-16(8-10-17)23-14(3)25/h5-13H,1-4H3,(H,23,25). The van der Waals surface area contributed by atoms with Crippen LogP contribution in [-0.2, 0) is 14.4 Å². The predicted molar refractivity (Wildman–Crippen MR) is 116 cm³/mol. The number of ether oxygens (including phenoxy) is 1. The second-order valence-electron chi connectivity index (χ2n) is 6.77. The molecule has 1 aliphatic heterocycles. The largest absolute Gasteiger partial charge is 0.497 e. The number of hydrogen-bond donors (Lipinski definition) is 1. The van der Waals surface area contributed by atoms with Gasteiger partial charge in [0.2, 0.25) is 5.91 Å². The number of carbonyl (C=O) groups excluding carboxylic acids is 3. The summed E-state index contributed by atoms with van der Waals surface area (Å²) in [7, 11) is 1.57. The Kier molecular flexibility index (Phi) is 6.08. The third-order valence-corrected chi connectivity index (χ3v) is 5.31. The van der Waals surface area contributed by atoms with Crippen molar-refractivity contribution in [2.75, 3.05) is 17.3 Å². The lowest BCUT2D eigenvalue weighted by Crippen LogP contribution is -2.31. The van der Waals surface area contributed by atoms with Crippen molar-refractivity contribution in [2.45, 2.75) is 26.0 Å². The summed E-state index contributed by atoms with van der Waals surface area (Å²) in [6.07, 6.45) is 0. The molecule has 0 bridgehead atoms. The van der Waals surface area contributed by atoms with Gasteiger partial charge in [-0.05, 0) is 42.0 Å². The molecule has 3 rings (SSSR count). The van der Waals surface area contributed by atoms with Gasteiger partial charge in [-0.3, -0.25) is 14.4 Å². The Bertz CT molecular complexity index is 979. The molecule has 0 saturated heterocycles. The Morgan fingerprint density at radius 1 is 1.00 bits per heavy atom. The minimum absolute atomic E-state index is 0.136. The Balaban J connectivity index is 1.99. The monoisotopic (exact) mass is 410 g/mol. The van der Waals surface area contributed by atoms with E-state index in [1.54, 1.807) is 55.6 Å². The first-order chi connectivity index (χ1) is 13.8. The van der Waals surface area contributed by atoms with E-state index < -0.39 is 0 Å². The molecule has 2 aromatic rings. The smallest absolute Gasteiger partial charge is 0.272 e. The summed E-state index contributed by atoms with van der Waals surface area (Å²) in [4.78, 5) is 39.2. The SMILES string of the molecule is COc1ccc(C2=C(SC(C)C)C(=O)N(c3ccc(NC(C)=O)cc3)C2=O)cc1. The molecule has 0 saturated carbocycles. The zero-order valence-corrected chi connectivity index (χ0v) is 17.5. The molecule has 0 radical (unpaired) electrons. The van der Waals surface area contributed by atoms with Gasteiger partial charge in [-0.2, -0.15) is 0 Å². The maximum atomic E-state index is 13.3. The number of benzene rings is 2. The average molecular weight is 410 g/mol. The Morgan fingerprint density at radius 2 is 1.62 bits per heavy atom. The molecule has 29 heavy (non-hydrogen) atoms. The Labute approximate surface area is 173 Å². The van der Waals surface area contributed by atoms with Crippen molar-refractivity contribution in [3.05, 3.63) is 59.0 Å². The Hall–Kier alpha value is -3.06. The highest BCUT2D eigenvalue weighted by atomic mass is 32.2. The van der Waals surface area contributed by atoms with Gasteiger partial charge < -0.3 is 10.1 Å². The molecule has 1 aliphatic rings. The third kappa shape index (κ3) is 4.35. The summed E-state index contributed by atoms with van der Waals surface area (Å²) in [6.45, 7) is 5.37. The molecule has 0 spiro atoms. The van der Waals surface area contributed by atoms with E-state index >= 15 is 0 Å². The van der Waals surface area contributed by atoms with Crippen LogP contribution in [-0.4, -0.2) is 30.1 Å². The second-order valence-corrected chi connectivity index (χ2v) is 8.36. The molecular weight excluding hydrogens is 388 g/mol. The van der Waals surface area contributed by atoms with Gasteiger partial charge in [0, 0.05) is 17.9 Å². The average Bonchev–Trinajstić information content (AvgIpc) is 2.91. The Morgan fingerprint density at radius 3 is 2.14 bits per heavy atom. The molecule has 6 nitrogen and oxygen atoms in total. The normalized spacial score (nSPS) is 14.0. The lowest BCUT2D eigenvalue weighted by molar-refractivity contribution is -0.120. The van der Waals surface area contributed by atoms with Gasteiger partial charge in [0.1, 0.15) is 5.75 Å². The van der Waals surface area contributed by atoms with Crippen LogP contribution in [0.3, 0.4) is 0 Å². The van der Waals surface area contributed by atoms with Gasteiger partial charge in [0.15, 0.2) is 0 Å². The molecule has 0 atom stereocenters. The van der Waals surface area contributed by atoms with E-state index in [0.29, 0.717) is 33.2 Å². The van der Waals surface area contributed by atoms with Crippen molar-refractivity contribution in [1.29, 1.82) is 0 Å². The van der Waals surface area contributed by atoms with Crippen molar-refractivity contribution in [1.82, 2.24) is 0 Å². The summed E-state index contributed by atoms with van der Waals surface area (Å²) in [5.74, 6) is -0.220. The molecule has 150 valence electrons. The summed E-state index contributed by atoms with van der Waals surface area (Å²) in [6, 6.07) is 13.7. The number of carbonyl (C=O) groups is 3. The van der Waals surface area contributed by atoms with Crippen LogP contribution in [0, 0.1) is 0 Å². The third-order valence-electron chi connectivity index (χ3n) is 4.22. The van der Waals surface area contributed by atoms with Crippen molar-refractivity contribution in [2.24, 2.45) is 0 Å². The minimum Gasteiger partial charge on any atom is -0.497 e. The molecule has 0 aliphatic carbocycles. The number of nitrogens with zero attached hydrogens (tertiary/aromatic N) is 1. The van der Waals surface area contributed by atoms with E-state index in [2.05, 4.69) is 5.32 Å². The predicted octanol–water partition coefficient (Wildman–Crippen LogP) is 4.08. The van der Waals surface area contributed by atoms with E-state index in [4.69, 9.17) is 4.74 Å². The van der Waals surface area contributed by atoms with Crippen molar-refractivity contribution in [3.63, 3.8) is 0 Å². The molecule has 0 fully saturated rings. The van der Waals surface area contributed by atoms with E-state index in [0.717, 1.165) is 0 Å². The van der Waals surface area contributed by atoms with Crippen LogP contribution in [0.5, 0.6) is 5.75 Å². The number of methoxy groups -OCH3 is 1. The molecule has 1 heterocycles. The van der Waals surface area contributed by atoms with E-state index in [1.807, 2.05) is 13.8 Å². The number of imide groups is 1. The lowest BCUT2D eigenvalue weighted by Gasteiger charge is -2.16. The highest BCUT2D eigenvalue weighted by Crippen LogP contribution is 2.40. The molecule has 0 unspecified atom stereocenters. The van der Waals surface area contributed by atoms with Gasteiger partial charge >= 0.3 is 0 Å². The van der Waals surface area contributed by atoms with Crippen LogP contribution in [0.15, 0.2) is 53.4 Å². The number of amides is 3. The van der Waals surface area contributed by atoms with Crippen LogP contribution in [0.1, 0.15) is 26.3 Å². The van der Waals surface area contributed by atoms with Gasteiger partial charge in [0.25, 0.3) is 11.8 Å². The summed E-state index contributed by atoms with van der Waals surface area (Å²) in [5.41, 5.74) is 2.12. The summed E-state index contributed by atoms with van der Waals surface area (Å²) < 4.78 is 5.19. The fourth-order valence-electron chi connectivity index (χ4n) is 3.00. The van der Waals surface area contributed by atoms with Crippen molar-refractivity contribution >= 4 is 46.4 Å². The molecule has 2 aromatic carbocycles. The molecule has 7 heteroatoms.